The van der Waals surface area contributed by atoms with E-state index in [9.17, 15) is 24.9 Å². The third kappa shape index (κ3) is 5.33. The molecule has 6 N–H and O–H groups in total. The Hall–Kier alpha value is -4.70. The molecule has 236 valence electrons. The first-order valence-electron chi connectivity index (χ1n) is 15.2. The van der Waals surface area contributed by atoms with Crippen LogP contribution in [0.5, 0.6) is 17.2 Å². The predicted octanol–water partition coefficient (Wildman–Crippen LogP) is 4.48. The second-order valence-corrected chi connectivity index (χ2v) is 12.2. The number of rotatable bonds is 5. The van der Waals surface area contributed by atoms with Crippen molar-refractivity contribution >= 4 is 16.9 Å². The second kappa shape index (κ2) is 11.7. The Morgan fingerprint density at radius 3 is 2.80 bits per heavy atom. The topological polar surface area (TPSA) is 164 Å². The first-order valence-corrected chi connectivity index (χ1v) is 15.2. The highest BCUT2D eigenvalue weighted by Gasteiger charge is 2.48. The summed E-state index contributed by atoms with van der Waals surface area (Å²) < 4.78 is 19.1. The molecule has 0 fully saturated rings. The largest absolute Gasteiger partial charge is 0.508 e. The van der Waals surface area contributed by atoms with Gasteiger partial charge in [-0.25, -0.2) is 4.79 Å². The molecule has 0 spiro atoms. The van der Waals surface area contributed by atoms with Crippen molar-refractivity contribution in [2.75, 3.05) is 6.54 Å². The lowest BCUT2D eigenvalue weighted by Crippen LogP contribution is -2.51. The summed E-state index contributed by atoms with van der Waals surface area (Å²) in [6.07, 6.45) is 5.19. The number of hydrogen-bond acceptors (Lipinski definition) is 10. The van der Waals surface area contributed by atoms with Crippen molar-refractivity contribution in [3.63, 3.8) is 0 Å². The molecule has 3 aliphatic heterocycles. The van der Waals surface area contributed by atoms with Crippen LogP contribution < -0.4 is 21.2 Å². The van der Waals surface area contributed by atoms with Gasteiger partial charge in [-0.15, -0.1) is 0 Å². The zero-order valence-electron chi connectivity index (χ0n) is 25.6. The van der Waals surface area contributed by atoms with Gasteiger partial charge in [0.1, 0.15) is 52.3 Å². The van der Waals surface area contributed by atoms with Gasteiger partial charge in [0.25, 0.3) is 0 Å². The van der Waals surface area contributed by atoms with Crippen LogP contribution in [-0.4, -0.2) is 39.5 Å². The van der Waals surface area contributed by atoms with Crippen molar-refractivity contribution < 1.29 is 34.0 Å². The molecule has 45 heavy (non-hydrogen) atoms. The van der Waals surface area contributed by atoms with E-state index in [1.54, 1.807) is 38.1 Å². The van der Waals surface area contributed by atoms with Gasteiger partial charge in [-0.3, -0.25) is 4.79 Å². The van der Waals surface area contributed by atoms with Crippen LogP contribution in [0.4, 0.5) is 0 Å². The molecule has 0 amide bonds. The molecule has 0 unspecified atom stereocenters. The monoisotopic (exact) mass is 614 g/mol. The van der Waals surface area contributed by atoms with Crippen molar-refractivity contribution in [1.29, 1.82) is 0 Å². The second-order valence-electron chi connectivity index (χ2n) is 12.2. The van der Waals surface area contributed by atoms with Crippen LogP contribution in [0, 0.1) is 0 Å². The maximum Gasteiger partial charge on any atom is 0.333 e. The molecule has 2 aromatic carbocycles. The van der Waals surface area contributed by atoms with Crippen LogP contribution in [0.3, 0.4) is 0 Å². The fraction of sp³-hybridized carbons (Fsp3) is 0.371. The van der Waals surface area contributed by atoms with Gasteiger partial charge in [-0.2, -0.15) is 0 Å². The Labute approximate surface area is 260 Å². The number of aromatic hydroxyl groups is 2. The van der Waals surface area contributed by atoms with Gasteiger partial charge >= 0.3 is 5.97 Å². The number of dihydropyridines is 1. The van der Waals surface area contributed by atoms with Gasteiger partial charge in [-0.1, -0.05) is 24.3 Å². The first kappa shape index (κ1) is 30.3. The van der Waals surface area contributed by atoms with E-state index in [1.807, 2.05) is 13.0 Å². The summed E-state index contributed by atoms with van der Waals surface area (Å²) in [4.78, 5) is 26.6. The van der Waals surface area contributed by atoms with Crippen LogP contribution >= 0.6 is 0 Å². The van der Waals surface area contributed by atoms with Gasteiger partial charge in [0.05, 0.1) is 5.82 Å². The fourth-order valence-electron chi connectivity index (χ4n) is 6.79. The van der Waals surface area contributed by atoms with Gasteiger partial charge in [0.2, 0.25) is 0 Å². The molecular formula is C35H38N2O8. The number of benzene rings is 2. The third-order valence-electron chi connectivity index (χ3n) is 9.31. The molecule has 1 aromatic heterocycles. The molecule has 2 bridgehead atoms. The third-order valence-corrected chi connectivity index (χ3v) is 9.31. The lowest BCUT2D eigenvalue weighted by molar-refractivity contribution is -0.159. The molecule has 0 radical (unpaired) electrons. The number of nitrogens with two attached hydrogens (primary N) is 1. The molecule has 0 saturated heterocycles. The zero-order valence-corrected chi connectivity index (χ0v) is 25.6. The van der Waals surface area contributed by atoms with Crippen LogP contribution in [0.15, 0.2) is 74.2 Å². The highest BCUT2D eigenvalue weighted by atomic mass is 16.6. The summed E-state index contributed by atoms with van der Waals surface area (Å²) in [6, 6.07) is 8.11. The number of nitrogens with one attached hydrogen (secondary N) is 1. The number of ether oxygens (including phenoxy) is 2. The summed E-state index contributed by atoms with van der Waals surface area (Å²) in [7, 11) is 0. The maximum absolute atomic E-state index is 13.6. The van der Waals surface area contributed by atoms with Crippen LogP contribution in [0.25, 0.3) is 11.0 Å². The molecule has 3 atom stereocenters. The number of aliphatic hydroxyl groups is 1. The lowest BCUT2D eigenvalue weighted by Gasteiger charge is -2.44. The normalized spacial score (nSPS) is 23.0. The Kier molecular flexibility index (Phi) is 7.86. The average molecular weight is 615 g/mol. The van der Waals surface area contributed by atoms with Crippen molar-refractivity contribution in [2.24, 2.45) is 5.73 Å². The number of carbonyl (C=O) groups is 1. The van der Waals surface area contributed by atoms with Crippen molar-refractivity contribution in [1.82, 2.24) is 5.32 Å². The Bertz CT molecular complexity index is 1850. The Morgan fingerprint density at radius 1 is 1.27 bits per heavy atom. The highest BCUT2D eigenvalue weighted by Crippen LogP contribution is 2.53. The quantitative estimate of drug-likeness (QED) is 0.204. The standard InChI is InChI=1S/C35H38N2O8/c1-4-18(2)34(42)44-27-16-25-30(41)29-26(40)15-21(17-38)43-32(29)28-24(14-19-7-5-8-20(39)13-19)22-10-12-37-33(36)23(22)9-6-11-35(27,3)45-31(25)28/h4-5,7-8,10,13,15,24,27,37-39,41H,6,9,11-12,14,16-17,36H2,1-3H3/b18-4-/t24-,27-,35+/m1/s1. The van der Waals surface area contributed by atoms with E-state index in [-0.39, 0.29) is 34.6 Å². The van der Waals surface area contributed by atoms with E-state index in [2.05, 4.69) is 11.4 Å². The van der Waals surface area contributed by atoms with E-state index in [0.29, 0.717) is 60.5 Å². The number of allylic oxidation sites excluding steroid dienone is 3. The Balaban J connectivity index is 1.69. The van der Waals surface area contributed by atoms with Crippen LogP contribution in [0.2, 0.25) is 0 Å². The molecule has 10 nitrogen and oxygen atoms in total. The molecular weight excluding hydrogens is 576 g/mol. The fourth-order valence-corrected chi connectivity index (χ4v) is 6.79. The minimum absolute atomic E-state index is 0.0399. The predicted molar refractivity (Wildman–Crippen MR) is 168 cm³/mol. The molecule has 6 rings (SSSR count). The molecule has 10 heteroatoms. The average Bonchev–Trinajstić information content (AvgIpc) is 3.01. The van der Waals surface area contributed by atoms with E-state index in [1.165, 1.54) is 6.07 Å². The SMILES string of the molecule is C/C=C(/C)C(=O)O[C@@H]1Cc2c3c(c4oc(CO)cc(=O)c4c2O)[C@H](Cc2cccc(O)c2)C2=CCNC(N)=C2CCC[C@]1(C)O3. The van der Waals surface area contributed by atoms with E-state index >= 15 is 0 Å². The minimum atomic E-state index is -1.01. The summed E-state index contributed by atoms with van der Waals surface area (Å²) >= 11 is 0. The number of aliphatic hydroxyl groups excluding tert-OH is 1. The van der Waals surface area contributed by atoms with Crippen molar-refractivity contribution in [3.8, 4) is 17.2 Å². The smallest absolute Gasteiger partial charge is 0.333 e. The Morgan fingerprint density at radius 2 is 2.07 bits per heavy atom. The van der Waals surface area contributed by atoms with Gasteiger partial charge < -0.3 is 40.3 Å². The summed E-state index contributed by atoms with van der Waals surface area (Å²) in [5.74, 6) is -0.255. The highest BCUT2D eigenvalue weighted by molar-refractivity contribution is 5.92. The van der Waals surface area contributed by atoms with Crippen molar-refractivity contribution in [2.45, 2.75) is 77.1 Å². The molecule has 3 aliphatic rings. The number of hydrogen-bond donors (Lipinski definition) is 5. The van der Waals surface area contributed by atoms with Crippen LogP contribution in [-0.2, 0) is 29.0 Å². The van der Waals surface area contributed by atoms with E-state index < -0.39 is 35.6 Å². The number of esters is 1. The first-order chi connectivity index (χ1) is 21.5. The van der Waals surface area contributed by atoms with E-state index in [4.69, 9.17) is 19.6 Å². The van der Waals surface area contributed by atoms with E-state index in [0.717, 1.165) is 16.7 Å². The zero-order chi connectivity index (χ0) is 32.0. The summed E-state index contributed by atoms with van der Waals surface area (Å²) in [5, 5.41) is 35.3. The summed E-state index contributed by atoms with van der Waals surface area (Å²) in [6.45, 7) is 5.28. The minimum Gasteiger partial charge on any atom is -0.508 e. The van der Waals surface area contributed by atoms with Gasteiger partial charge in [0.15, 0.2) is 5.43 Å². The molecule has 0 saturated carbocycles. The number of phenols is 2. The number of phenolic OH excluding ortho intramolecular Hbond substituents is 2. The van der Waals surface area contributed by atoms with Gasteiger partial charge in [-0.05, 0) is 75.3 Å². The molecule has 4 heterocycles. The number of carbonyl (C=O) groups excluding carboxylic acids is 1. The number of fused-ring (bicyclic) bond motifs is 4. The summed E-state index contributed by atoms with van der Waals surface area (Å²) in [5.41, 5.74) is 9.12. The van der Waals surface area contributed by atoms with Crippen molar-refractivity contribution in [3.05, 3.63) is 97.7 Å². The molecule has 0 aliphatic carbocycles. The van der Waals surface area contributed by atoms with Crippen LogP contribution in [0.1, 0.15) is 68.4 Å². The van der Waals surface area contributed by atoms with Gasteiger partial charge in [0, 0.05) is 41.6 Å². The maximum atomic E-state index is 13.6. The molecule has 3 aromatic rings. The lowest BCUT2D eigenvalue weighted by atomic mass is 9.74.